The Morgan fingerprint density at radius 2 is 2.12 bits per heavy atom. The van der Waals surface area contributed by atoms with Crippen LogP contribution in [0.4, 0.5) is 0 Å². The second kappa shape index (κ2) is 5.38. The third-order valence-electron chi connectivity index (χ3n) is 2.91. The highest BCUT2D eigenvalue weighted by Gasteiger charge is 2.33. The minimum atomic E-state index is 0. The molecule has 0 saturated heterocycles. The maximum absolute atomic E-state index is 5.70. The molecule has 3 nitrogen and oxygen atoms in total. The molecule has 5 heteroatoms. The van der Waals surface area contributed by atoms with Crippen molar-refractivity contribution in [1.82, 2.24) is 0 Å². The van der Waals surface area contributed by atoms with Gasteiger partial charge in [0.15, 0.2) is 0 Å². The van der Waals surface area contributed by atoms with E-state index in [4.69, 9.17) is 15.2 Å². The minimum absolute atomic E-state index is 0. The molecular formula is C11H15Br2NO2. The molecule has 0 bridgehead atoms. The van der Waals surface area contributed by atoms with Gasteiger partial charge in [-0.15, -0.1) is 17.0 Å². The van der Waals surface area contributed by atoms with Crippen LogP contribution in [0.2, 0.25) is 0 Å². The lowest BCUT2D eigenvalue weighted by molar-refractivity contribution is 0.374. The third-order valence-corrected chi connectivity index (χ3v) is 3.50. The van der Waals surface area contributed by atoms with Crippen LogP contribution in [0.1, 0.15) is 17.0 Å². The van der Waals surface area contributed by atoms with Gasteiger partial charge in [-0.2, -0.15) is 0 Å². The molecule has 0 aromatic heterocycles. The zero-order valence-corrected chi connectivity index (χ0v) is 12.5. The summed E-state index contributed by atoms with van der Waals surface area (Å²) >= 11 is 3.48. The molecule has 0 fully saturated rings. The van der Waals surface area contributed by atoms with Crippen molar-refractivity contribution in [3.05, 3.63) is 21.7 Å². The summed E-state index contributed by atoms with van der Waals surface area (Å²) in [5, 5.41) is 0. The van der Waals surface area contributed by atoms with Gasteiger partial charge in [0.05, 0.1) is 18.7 Å². The Morgan fingerprint density at radius 1 is 1.44 bits per heavy atom. The highest BCUT2D eigenvalue weighted by atomic mass is 79.9. The fourth-order valence-corrected chi connectivity index (χ4v) is 2.70. The summed E-state index contributed by atoms with van der Waals surface area (Å²) in [5.41, 5.74) is 8.13. The first-order valence-corrected chi connectivity index (χ1v) is 5.65. The molecule has 2 N–H and O–H groups in total. The van der Waals surface area contributed by atoms with Crippen LogP contribution in [-0.2, 0) is 6.42 Å². The van der Waals surface area contributed by atoms with Gasteiger partial charge in [-0.05, 0) is 35.0 Å². The van der Waals surface area contributed by atoms with Crippen molar-refractivity contribution in [3.63, 3.8) is 0 Å². The van der Waals surface area contributed by atoms with Gasteiger partial charge >= 0.3 is 0 Å². The van der Waals surface area contributed by atoms with E-state index in [1.54, 1.807) is 14.2 Å². The van der Waals surface area contributed by atoms with Crippen LogP contribution in [0.3, 0.4) is 0 Å². The molecule has 1 aliphatic carbocycles. The molecule has 1 atom stereocenters. The smallest absolute Gasteiger partial charge is 0.137 e. The summed E-state index contributed by atoms with van der Waals surface area (Å²) in [7, 11) is 3.36. The number of nitrogens with two attached hydrogens (primary N) is 1. The van der Waals surface area contributed by atoms with E-state index in [2.05, 4.69) is 15.9 Å². The molecule has 0 aliphatic heterocycles. The van der Waals surface area contributed by atoms with Gasteiger partial charge in [-0.3, -0.25) is 0 Å². The van der Waals surface area contributed by atoms with Gasteiger partial charge in [0, 0.05) is 17.0 Å². The molecule has 0 amide bonds. The van der Waals surface area contributed by atoms with E-state index in [1.165, 1.54) is 11.1 Å². The lowest BCUT2D eigenvalue weighted by Crippen LogP contribution is -2.26. The summed E-state index contributed by atoms with van der Waals surface area (Å²) in [6, 6.07) is 1.95. The third kappa shape index (κ3) is 1.96. The van der Waals surface area contributed by atoms with Gasteiger partial charge < -0.3 is 15.2 Å². The zero-order valence-electron chi connectivity index (χ0n) is 9.25. The topological polar surface area (TPSA) is 44.5 Å². The zero-order chi connectivity index (χ0) is 11.0. The molecule has 16 heavy (non-hydrogen) atoms. The van der Waals surface area contributed by atoms with Crippen molar-refractivity contribution < 1.29 is 9.47 Å². The second-order valence-corrected chi connectivity index (χ2v) is 4.48. The normalized spacial score (nSPS) is 16.9. The van der Waals surface area contributed by atoms with Crippen LogP contribution in [0.25, 0.3) is 0 Å². The van der Waals surface area contributed by atoms with Crippen LogP contribution in [0.15, 0.2) is 10.5 Å². The molecule has 1 aliphatic rings. The maximum Gasteiger partial charge on any atom is 0.137 e. The number of ether oxygens (including phenoxy) is 2. The van der Waals surface area contributed by atoms with E-state index in [-0.39, 0.29) is 17.0 Å². The number of halogens is 2. The highest BCUT2D eigenvalue weighted by Crippen LogP contribution is 2.49. The van der Waals surface area contributed by atoms with Gasteiger partial charge in [-0.25, -0.2) is 0 Å². The van der Waals surface area contributed by atoms with Gasteiger partial charge in [0.25, 0.3) is 0 Å². The highest BCUT2D eigenvalue weighted by molar-refractivity contribution is 9.10. The molecule has 2 rings (SSSR count). The predicted molar refractivity (Wildman–Crippen MR) is 73.1 cm³/mol. The van der Waals surface area contributed by atoms with Crippen molar-refractivity contribution >= 4 is 32.9 Å². The average Bonchev–Trinajstić information content (AvgIpc) is 2.21. The Balaban J connectivity index is 0.00000128. The number of fused-ring (bicyclic) bond motifs is 1. The van der Waals surface area contributed by atoms with Gasteiger partial charge in [0.2, 0.25) is 0 Å². The first-order chi connectivity index (χ1) is 7.22. The molecule has 0 saturated carbocycles. The van der Waals surface area contributed by atoms with E-state index in [0.29, 0.717) is 12.5 Å². The monoisotopic (exact) mass is 351 g/mol. The van der Waals surface area contributed by atoms with Crippen LogP contribution >= 0.6 is 32.9 Å². The van der Waals surface area contributed by atoms with Crippen LogP contribution in [-0.4, -0.2) is 20.8 Å². The molecule has 0 heterocycles. The first kappa shape index (κ1) is 13.8. The SMILES string of the molecule is Br.COc1cc(Br)c(OC)c2c1C[C@@H]2CN. The minimum Gasteiger partial charge on any atom is -0.496 e. The Morgan fingerprint density at radius 3 is 2.62 bits per heavy atom. The second-order valence-electron chi connectivity index (χ2n) is 3.62. The maximum atomic E-state index is 5.70. The number of hydrogen-bond donors (Lipinski definition) is 1. The van der Waals surface area contributed by atoms with E-state index >= 15 is 0 Å². The first-order valence-electron chi connectivity index (χ1n) is 4.86. The Labute approximate surface area is 114 Å². The van der Waals surface area contributed by atoms with E-state index in [0.717, 1.165) is 22.4 Å². The largest absolute Gasteiger partial charge is 0.496 e. The summed E-state index contributed by atoms with van der Waals surface area (Å²) in [4.78, 5) is 0. The number of methoxy groups -OCH3 is 2. The number of rotatable bonds is 3. The van der Waals surface area contributed by atoms with Crippen LogP contribution in [0.5, 0.6) is 11.5 Å². The number of benzene rings is 1. The molecule has 0 unspecified atom stereocenters. The summed E-state index contributed by atoms with van der Waals surface area (Å²) in [6.07, 6.45) is 0.985. The molecule has 1 aromatic carbocycles. The lowest BCUT2D eigenvalue weighted by Gasteiger charge is -2.33. The molecule has 0 spiro atoms. The standard InChI is InChI=1S/C11H14BrNO2.BrH/c1-14-9-4-8(12)11(15-2)10-6(5-13)3-7(9)10;/h4,6H,3,5,13H2,1-2H3;1H/t6-;/m1./s1. The van der Waals surface area contributed by atoms with Crippen molar-refractivity contribution in [2.24, 2.45) is 5.73 Å². The van der Waals surface area contributed by atoms with Gasteiger partial charge in [0.1, 0.15) is 11.5 Å². The average molecular weight is 353 g/mol. The van der Waals surface area contributed by atoms with Crippen molar-refractivity contribution in [1.29, 1.82) is 0 Å². The Kier molecular flexibility index (Phi) is 4.64. The number of hydrogen-bond acceptors (Lipinski definition) is 3. The van der Waals surface area contributed by atoms with Crippen LogP contribution in [0, 0.1) is 0 Å². The van der Waals surface area contributed by atoms with Gasteiger partial charge in [-0.1, -0.05) is 0 Å². The summed E-state index contributed by atoms with van der Waals surface area (Å²) < 4.78 is 11.6. The van der Waals surface area contributed by atoms with Crippen molar-refractivity contribution in [2.75, 3.05) is 20.8 Å². The summed E-state index contributed by atoms with van der Waals surface area (Å²) in [6.45, 7) is 0.656. The quantitative estimate of drug-likeness (QED) is 0.909. The Hall–Kier alpha value is -0.260. The molecule has 0 radical (unpaired) electrons. The fourth-order valence-electron chi connectivity index (χ4n) is 2.12. The van der Waals surface area contributed by atoms with Crippen LogP contribution < -0.4 is 15.2 Å². The van der Waals surface area contributed by atoms with E-state index in [1.807, 2.05) is 6.07 Å². The van der Waals surface area contributed by atoms with Crippen molar-refractivity contribution in [2.45, 2.75) is 12.3 Å². The van der Waals surface area contributed by atoms with Crippen molar-refractivity contribution in [3.8, 4) is 11.5 Å². The lowest BCUT2D eigenvalue weighted by atomic mass is 9.76. The molecular weight excluding hydrogens is 338 g/mol. The van der Waals surface area contributed by atoms with E-state index in [9.17, 15) is 0 Å². The van der Waals surface area contributed by atoms with E-state index < -0.39 is 0 Å². The fraction of sp³-hybridized carbons (Fsp3) is 0.455. The molecule has 90 valence electrons. The Bertz CT molecular complexity index is 396. The predicted octanol–water partition coefficient (Wildman–Crippen LogP) is 2.64. The summed E-state index contributed by atoms with van der Waals surface area (Å²) in [5.74, 6) is 2.22. The molecule has 1 aromatic rings.